The second-order valence-corrected chi connectivity index (χ2v) is 5.97. The number of carbonyl (C=O) groups is 1. The minimum Gasteiger partial charge on any atom is -0.484 e. The van der Waals surface area contributed by atoms with Crippen molar-refractivity contribution in [1.29, 1.82) is 0 Å². The van der Waals surface area contributed by atoms with Crippen molar-refractivity contribution in [3.63, 3.8) is 0 Å². The molecular weight excluding hydrogens is 264 g/mol. The van der Waals surface area contributed by atoms with Gasteiger partial charge in [0.05, 0.1) is 0 Å². The number of hydrogen-bond acceptors (Lipinski definition) is 3. The molecule has 0 atom stereocenters. The number of nitrogens with one attached hydrogen (secondary N) is 1. The van der Waals surface area contributed by atoms with Crippen molar-refractivity contribution in [3.05, 3.63) is 29.8 Å². The molecule has 0 bridgehead atoms. The zero-order chi connectivity index (χ0) is 15.1. The van der Waals surface area contributed by atoms with E-state index in [9.17, 15) is 4.79 Å². The van der Waals surface area contributed by atoms with Crippen molar-refractivity contribution in [1.82, 2.24) is 5.32 Å². The van der Waals surface area contributed by atoms with Crippen molar-refractivity contribution in [2.45, 2.75) is 45.6 Å². The highest BCUT2D eigenvalue weighted by molar-refractivity contribution is 5.77. The Kier molecular flexibility index (Phi) is 5.62. The standard InChI is InChI=1S/C17H26N2O2/c1-2-17(9-3-4-10-17)13-19-16(20)12-21-15-7-5-14(11-18)6-8-15/h5-8H,2-4,9-13,18H2,1H3,(H,19,20). The number of nitrogens with two attached hydrogens (primary N) is 1. The largest absolute Gasteiger partial charge is 0.484 e. The molecule has 0 aromatic heterocycles. The van der Waals surface area contributed by atoms with E-state index in [2.05, 4.69) is 12.2 Å². The van der Waals surface area contributed by atoms with Gasteiger partial charge in [0.1, 0.15) is 5.75 Å². The smallest absolute Gasteiger partial charge is 0.257 e. The Morgan fingerprint density at radius 3 is 2.52 bits per heavy atom. The highest BCUT2D eigenvalue weighted by Crippen LogP contribution is 2.40. The molecule has 21 heavy (non-hydrogen) atoms. The monoisotopic (exact) mass is 290 g/mol. The van der Waals surface area contributed by atoms with Crippen molar-refractivity contribution >= 4 is 5.91 Å². The van der Waals surface area contributed by atoms with Gasteiger partial charge in [-0.25, -0.2) is 0 Å². The van der Waals surface area contributed by atoms with E-state index in [1.54, 1.807) is 0 Å². The van der Waals surface area contributed by atoms with E-state index in [0.29, 0.717) is 17.7 Å². The maximum atomic E-state index is 11.9. The van der Waals surface area contributed by atoms with Crippen molar-refractivity contribution in [3.8, 4) is 5.75 Å². The van der Waals surface area contributed by atoms with Crippen LogP contribution in [-0.2, 0) is 11.3 Å². The van der Waals surface area contributed by atoms with Crippen LogP contribution < -0.4 is 15.8 Å². The van der Waals surface area contributed by atoms with Gasteiger partial charge in [-0.15, -0.1) is 0 Å². The fraction of sp³-hybridized carbons (Fsp3) is 0.588. The first-order valence-corrected chi connectivity index (χ1v) is 7.86. The molecule has 1 aromatic rings. The Morgan fingerprint density at radius 1 is 1.29 bits per heavy atom. The maximum Gasteiger partial charge on any atom is 0.257 e. The van der Waals surface area contributed by atoms with Gasteiger partial charge >= 0.3 is 0 Å². The molecule has 1 amide bonds. The molecule has 4 nitrogen and oxygen atoms in total. The van der Waals surface area contributed by atoms with Gasteiger partial charge in [-0.3, -0.25) is 4.79 Å². The summed E-state index contributed by atoms with van der Waals surface area (Å²) in [5, 5.41) is 3.03. The van der Waals surface area contributed by atoms with Crippen LogP contribution in [-0.4, -0.2) is 19.1 Å². The van der Waals surface area contributed by atoms with E-state index in [4.69, 9.17) is 10.5 Å². The molecule has 0 heterocycles. The fourth-order valence-electron chi connectivity index (χ4n) is 2.99. The van der Waals surface area contributed by atoms with E-state index in [-0.39, 0.29) is 12.5 Å². The first-order chi connectivity index (χ1) is 10.2. The normalized spacial score (nSPS) is 16.7. The molecule has 1 aliphatic rings. The highest BCUT2D eigenvalue weighted by atomic mass is 16.5. The Balaban J connectivity index is 1.74. The Hall–Kier alpha value is -1.55. The third-order valence-electron chi connectivity index (χ3n) is 4.60. The molecule has 2 rings (SSSR count). The summed E-state index contributed by atoms with van der Waals surface area (Å²) >= 11 is 0. The van der Waals surface area contributed by atoms with Gasteiger partial charge in [-0.05, 0) is 42.4 Å². The van der Waals surface area contributed by atoms with Gasteiger partial charge in [-0.2, -0.15) is 0 Å². The fourth-order valence-corrected chi connectivity index (χ4v) is 2.99. The zero-order valence-corrected chi connectivity index (χ0v) is 12.9. The van der Waals surface area contributed by atoms with Gasteiger partial charge in [-0.1, -0.05) is 31.9 Å². The first-order valence-electron chi connectivity index (χ1n) is 7.86. The third kappa shape index (κ3) is 4.46. The molecule has 0 saturated heterocycles. The van der Waals surface area contributed by atoms with Crippen LogP contribution in [0.2, 0.25) is 0 Å². The van der Waals surface area contributed by atoms with Crippen LogP contribution in [0.4, 0.5) is 0 Å². The third-order valence-corrected chi connectivity index (χ3v) is 4.60. The summed E-state index contributed by atoms with van der Waals surface area (Å²) in [6, 6.07) is 7.52. The minimum atomic E-state index is -0.0439. The molecule has 3 N–H and O–H groups in total. The van der Waals surface area contributed by atoms with E-state index in [1.165, 1.54) is 25.7 Å². The van der Waals surface area contributed by atoms with Crippen molar-refractivity contribution in [2.75, 3.05) is 13.2 Å². The van der Waals surface area contributed by atoms with E-state index in [0.717, 1.165) is 18.5 Å². The number of carbonyl (C=O) groups excluding carboxylic acids is 1. The summed E-state index contributed by atoms with van der Waals surface area (Å²) < 4.78 is 5.50. The Bertz CT molecular complexity index is 450. The van der Waals surface area contributed by atoms with Crippen molar-refractivity contribution < 1.29 is 9.53 Å². The SMILES string of the molecule is CCC1(CNC(=O)COc2ccc(CN)cc2)CCCC1. The minimum absolute atomic E-state index is 0.0439. The topological polar surface area (TPSA) is 64.3 Å². The van der Waals surface area contributed by atoms with Gasteiger partial charge < -0.3 is 15.8 Å². The molecule has 0 aliphatic heterocycles. The first kappa shape index (κ1) is 15.8. The average molecular weight is 290 g/mol. The molecule has 116 valence electrons. The lowest BCUT2D eigenvalue weighted by atomic mass is 9.83. The zero-order valence-electron chi connectivity index (χ0n) is 12.9. The van der Waals surface area contributed by atoms with Gasteiger partial charge in [0.2, 0.25) is 0 Å². The van der Waals surface area contributed by atoms with Crippen molar-refractivity contribution in [2.24, 2.45) is 11.1 Å². The van der Waals surface area contributed by atoms with Crippen LogP contribution in [0.5, 0.6) is 5.75 Å². The lowest BCUT2D eigenvalue weighted by Crippen LogP contribution is -2.38. The summed E-state index contributed by atoms with van der Waals surface area (Å²) in [4.78, 5) is 11.9. The van der Waals surface area contributed by atoms with Crippen LogP contribution in [0.25, 0.3) is 0 Å². The average Bonchev–Trinajstić information content (AvgIpc) is 3.01. The quantitative estimate of drug-likeness (QED) is 0.811. The highest BCUT2D eigenvalue weighted by Gasteiger charge is 2.32. The Morgan fingerprint density at radius 2 is 1.95 bits per heavy atom. The summed E-state index contributed by atoms with van der Waals surface area (Å²) in [6.07, 6.45) is 6.16. The molecule has 0 radical (unpaired) electrons. The number of amides is 1. The maximum absolute atomic E-state index is 11.9. The van der Waals surface area contributed by atoms with Gasteiger partial charge in [0.25, 0.3) is 5.91 Å². The van der Waals surface area contributed by atoms with E-state index in [1.807, 2.05) is 24.3 Å². The molecule has 4 heteroatoms. The predicted octanol–water partition coefficient (Wildman–Crippen LogP) is 2.61. The molecule has 1 saturated carbocycles. The van der Waals surface area contributed by atoms with Crippen LogP contribution in [0.3, 0.4) is 0 Å². The lowest BCUT2D eigenvalue weighted by Gasteiger charge is -2.27. The summed E-state index contributed by atoms with van der Waals surface area (Å²) in [7, 11) is 0. The van der Waals surface area contributed by atoms with Crippen LogP contribution in [0.1, 0.15) is 44.6 Å². The van der Waals surface area contributed by atoms with Crippen LogP contribution in [0, 0.1) is 5.41 Å². The molecule has 1 aromatic carbocycles. The second kappa shape index (κ2) is 7.46. The lowest BCUT2D eigenvalue weighted by molar-refractivity contribution is -0.123. The predicted molar refractivity (Wildman–Crippen MR) is 84.0 cm³/mol. The van der Waals surface area contributed by atoms with Crippen LogP contribution in [0.15, 0.2) is 24.3 Å². The summed E-state index contributed by atoms with van der Waals surface area (Å²) in [6.45, 7) is 3.58. The molecule has 1 aliphatic carbocycles. The summed E-state index contributed by atoms with van der Waals surface area (Å²) in [5.74, 6) is 0.658. The number of ether oxygens (including phenoxy) is 1. The number of hydrogen-bond donors (Lipinski definition) is 2. The number of rotatable bonds is 7. The molecule has 1 fully saturated rings. The van der Waals surface area contributed by atoms with E-state index < -0.39 is 0 Å². The summed E-state index contributed by atoms with van der Waals surface area (Å²) in [5.41, 5.74) is 6.91. The van der Waals surface area contributed by atoms with E-state index >= 15 is 0 Å². The van der Waals surface area contributed by atoms with Gasteiger partial charge in [0, 0.05) is 13.1 Å². The molecule has 0 unspecified atom stereocenters. The Labute approximate surface area is 127 Å². The molecule has 0 spiro atoms. The van der Waals surface area contributed by atoms with Crippen LogP contribution >= 0.6 is 0 Å². The van der Waals surface area contributed by atoms with Gasteiger partial charge in [0.15, 0.2) is 6.61 Å². The molecular formula is C17H26N2O2. The second-order valence-electron chi connectivity index (χ2n) is 5.97. The number of benzene rings is 1.